The summed E-state index contributed by atoms with van der Waals surface area (Å²) in [5, 5.41) is 15.0. The molecule has 2 rings (SSSR count). The molecule has 0 aliphatic carbocycles. The number of pyridine rings is 1. The smallest absolute Gasteiger partial charge is 0.274 e. The average Bonchev–Trinajstić information content (AvgIpc) is 2.53. The van der Waals surface area contributed by atoms with Crippen molar-refractivity contribution in [3.05, 3.63) is 53.9 Å². The van der Waals surface area contributed by atoms with E-state index in [9.17, 15) is 4.79 Å². The molecule has 1 aromatic carbocycles. The van der Waals surface area contributed by atoms with E-state index in [4.69, 9.17) is 5.26 Å². The SMILES string of the molecule is CC(C)CNc1ccnc(C(=O)Nc2ccccc2C#N)c1. The van der Waals surface area contributed by atoms with Crippen LogP contribution in [0.3, 0.4) is 0 Å². The summed E-state index contributed by atoms with van der Waals surface area (Å²) in [5.74, 6) is 0.170. The molecule has 0 saturated carbocycles. The number of carbonyl (C=O) groups is 1. The van der Waals surface area contributed by atoms with E-state index in [1.54, 1.807) is 36.5 Å². The number of aromatic nitrogens is 1. The summed E-state index contributed by atoms with van der Waals surface area (Å²) < 4.78 is 0. The van der Waals surface area contributed by atoms with E-state index in [0.717, 1.165) is 12.2 Å². The molecule has 22 heavy (non-hydrogen) atoms. The molecule has 2 aromatic rings. The number of carbonyl (C=O) groups excluding carboxylic acids is 1. The van der Waals surface area contributed by atoms with E-state index in [1.165, 1.54) is 0 Å². The van der Waals surface area contributed by atoms with Gasteiger partial charge in [-0.1, -0.05) is 26.0 Å². The maximum absolute atomic E-state index is 12.3. The van der Waals surface area contributed by atoms with Crippen LogP contribution >= 0.6 is 0 Å². The lowest BCUT2D eigenvalue weighted by Gasteiger charge is -2.10. The molecule has 1 aromatic heterocycles. The molecular formula is C17H18N4O. The van der Waals surface area contributed by atoms with E-state index in [2.05, 4.69) is 29.5 Å². The summed E-state index contributed by atoms with van der Waals surface area (Å²) in [6.45, 7) is 5.05. The Balaban J connectivity index is 2.13. The average molecular weight is 294 g/mol. The van der Waals surface area contributed by atoms with Crippen LogP contribution in [-0.2, 0) is 0 Å². The Morgan fingerprint density at radius 3 is 2.82 bits per heavy atom. The third-order valence-corrected chi connectivity index (χ3v) is 3.00. The highest BCUT2D eigenvalue weighted by molar-refractivity contribution is 6.04. The van der Waals surface area contributed by atoms with E-state index in [0.29, 0.717) is 22.9 Å². The lowest BCUT2D eigenvalue weighted by molar-refractivity contribution is 0.102. The normalized spacial score (nSPS) is 10.1. The fraction of sp³-hybridized carbons (Fsp3) is 0.235. The van der Waals surface area contributed by atoms with Gasteiger partial charge >= 0.3 is 0 Å². The number of para-hydroxylation sites is 1. The van der Waals surface area contributed by atoms with Gasteiger partial charge in [0.25, 0.3) is 5.91 Å². The van der Waals surface area contributed by atoms with Crippen LogP contribution < -0.4 is 10.6 Å². The maximum Gasteiger partial charge on any atom is 0.274 e. The van der Waals surface area contributed by atoms with E-state index >= 15 is 0 Å². The predicted molar refractivity (Wildman–Crippen MR) is 86.7 cm³/mol. The molecule has 0 fully saturated rings. The van der Waals surface area contributed by atoms with Crippen molar-refractivity contribution in [3.8, 4) is 6.07 Å². The van der Waals surface area contributed by atoms with Crippen molar-refractivity contribution >= 4 is 17.3 Å². The Morgan fingerprint density at radius 2 is 2.09 bits per heavy atom. The number of nitrogens with one attached hydrogen (secondary N) is 2. The van der Waals surface area contributed by atoms with Crippen molar-refractivity contribution in [3.63, 3.8) is 0 Å². The Hall–Kier alpha value is -2.87. The first-order valence-corrected chi connectivity index (χ1v) is 7.10. The second-order valence-electron chi connectivity index (χ2n) is 5.32. The van der Waals surface area contributed by atoms with Crippen LogP contribution in [-0.4, -0.2) is 17.4 Å². The van der Waals surface area contributed by atoms with Gasteiger partial charge in [-0.05, 0) is 30.2 Å². The summed E-state index contributed by atoms with van der Waals surface area (Å²) in [5.41, 5.74) is 2.06. The van der Waals surface area contributed by atoms with Crippen LogP contribution in [0.15, 0.2) is 42.6 Å². The van der Waals surface area contributed by atoms with E-state index in [1.807, 2.05) is 12.1 Å². The first-order chi connectivity index (χ1) is 10.6. The highest BCUT2D eigenvalue weighted by Crippen LogP contribution is 2.15. The lowest BCUT2D eigenvalue weighted by atomic mass is 10.2. The molecule has 2 N–H and O–H groups in total. The second kappa shape index (κ2) is 7.23. The van der Waals surface area contributed by atoms with Gasteiger partial charge in [0.1, 0.15) is 11.8 Å². The topological polar surface area (TPSA) is 77.8 Å². The van der Waals surface area contributed by atoms with Crippen LogP contribution in [0, 0.1) is 17.2 Å². The van der Waals surface area contributed by atoms with Gasteiger partial charge in [0, 0.05) is 18.4 Å². The van der Waals surface area contributed by atoms with Gasteiger partial charge in [0.2, 0.25) is 0 Å². The zero-order chi connectivity index (χ0) is 15.9. The van der Waals surface area contributed by atoms with Crippen LogP contribution in [0.4, 0.5) is 11.4 Å². The minimum Gasteiger partial charge on any atom is -0.385 e. The summed E-state index contributed by atoms with van der Waals surface area (Å²) in [4.78, 5) is 16.3. The third kappa shape index (κ3) is 4.06. The molecule has 0 aliphatic heterocycles. The molecule has 112 valence electrons. The number of nitrogens with zero attached hydrogens (tertiary/aromatic N) is 2. The Morgan fingerprint density at radius 1 is 1.32 bits per heavy atom. The molecule has 5 nitrogen and oxygen atoms in total. The molecule has 1 amide bonds. The first-order valence-electron chi connectivity index (χ1n) is 7.10. The molecular weight excluding hydrogens is 276 g/mol. The van der Waals surface area contributed by atoms with Crippen LogP contribution in [0.1, 0.15) is 29.9 Å². The van der Waals surface area contributed by atoms with Crippen LogP contribution in [0.5, 0.6) is 0 Å². The standard InChI is InChI=1S/C17H18N4O/c1-12(2)11-20-14-7-8-19-16(9-14)17(22)21-15-6-4-3-5-13(15)10-18/h3-9,12H,11H2,1-2H3,(H,19,20)(H,21,22). The van der Waals surface area contributed by atoms with Gasteiger partial charge in [-0.15, -0.1) is 0 Å². The number of hydrogen-bond donors (Lipinski definition) is 2. The Kier molecular flexibility index (Phi) is 5.10. The molecule has 0 aliphatic rings. The predicted octanol–water partition coefficient (Wildman–Crippen LogP) is 3.27. The molecule has 0 radical (unpaired) electrons. The summed E-state index contributed by atoms with van der Waals surface area (Å²) >= 11 is 0. The zero-order valence-corrected chi connectivity index (χ0v) is 12.6. The van der Waals surface area contributed by atoms with Crippen molar-refractivity contribution in [1.29, 1.82) is 5.26 Å². The Labute approximate surface area is 130 Å². The molecule has 1 heterocycles. The minimum atomic E-state index is -0.337. The quantitative estimate of drug-likeness (QED) is 0.887. The highest BCUT2D eigenvalue weighted by Gasteiger charge is 2.10. The fourth-order valence-corrected chi connectivity index (χ4v) is 1.86. The molecule has 5 heteroatoms. The molecule has 0 unspecified atom stereocenters. The molecule has 0 saturated heterocycles. The van der Waals surface area contributed by atoms with Gasteiger partial charge in [-0.2, -0.15) is 5.26 Å². The number of anilines is 2. The lowest BCUT2D eigenvalue weighted by Crippen LogP contribution is -2.15. The molecule has 0 atom stereocenters. The van der Waals surface area contributed by atoms with Crippen molar-refractivity contribution in [2.75, 3.05) is 17.2 Å². The van der Waals surface area contributed by atoms with Crippen LogP contribution in [0.25, 0.3) is 0 Å². The number of amides is 1. The van der Waals surface area contributed by atoms with Crippen molar-refractivity contribution < 1.29 is 4.79 Å². The van der Waals surface area contributed by atoms with E-state index < -0.39 is 0 Å². The van der Waals surface area contributed by atoms with Crippen molar-refractivity contribution in [2.45, 2.75) is 13.8 Å². The van der Waals surface area contributed by atoms with Gasteiger partial charge in [0.15, 0.2) is 0 Å². The minimum absolute atomic E-state index is 0.307. The molecule has 0 bridgehead atoms. The zero-order valence-electron chi connectivity index (χ0n) is 12.6. The number of hydrogen-bond acceptors (Lipinski definition) is 4. The number of benzene rings is 1. The largest absolute Gasteiger partial charge is 0.385 e. The van der Waals surface area contributed by atoms with Gasteiger partial charge in [-0.3, -0.25) is 9.78 Å². The first kappa shape index (κ1) is 15.5. The van der Waals surface area contributed by atoms with E-state index in [-0.39, 0.29) is 5.91 Å². The maximum atomic E-state index is 12.3. The second-order valence-corrected chi connectivity index (χ2v) is 5.32. The summed E-state index contributed by atoms with van der Waals surface area (Å²) in [7, 11) is 0. The molecule has 0 spiro atoms. The monoisotopic (exact) mass is 294 g/mol. The number of rotatable bonds is 5. The van der Waals surface area contributed by atoms with Gasteiger partial charge < -0.3 is 10.6 Å². The van der Waals surface area contributed by atoms with Crippen LogP contribution in [0.2, 0.25) is 0 Å². The van der Waals surface area contributed by atoms with Crippen molar-refractivity contribution in [1.82, 2.24) is 4.98 Å². The Bertz CT molecular complexity index is 704. The third-order valence-electron chi connectivity index (χ3n) is 3.00. The van der Waals surface area contributed by atoms with Gasteiger partial charge in [-0.25, -0.2) is 0 Å². The fourth-order valence-electron chi connectivity index (χ4n) is 1.86. The summed E-state index contributed by atoms with van der Waals surface area (Å²) in [6, 6.07) is 12.4. The van der Waals surface area contributed by atoms with Gasteiger partial charge in [0.05, 0.1) is 11.3 Å². The highest BCUT2D eigenvalue weighted by atomic mass is 16.1. The summed E-state index contributed by atoms with van der Waals surface area (Å²) in [6.07, 6.45) is 1.59. The van der Waals surface area contributed by atoms with Crippen molar-refractivity contribution in [2.24, 2.45) is 5.92 Å². The number of nitriles is 1.